The van der Waals surface area contributed by atoms with Crippen LogP contribution < -0.4 is 0 Å². The lowest BCUT2D eigenvalue weighted by Gasteiger charge is -2.25. The molecule has 0 aliphatic heterocycles. The molecule has 0 unspecified atom stereocenters. The molecule has 0 atom stereocenters. The summed E-state index contributed by atoms with van der Waals surface area (Å²) < 4.78 is 0. The molecule has 74 valence electrons. The van der Waals surface area contributed by atoms with Crippen molar-refractivity contribution in [3.63, 3.8) is 0 Å². The Labute approximate surface area is 80.2 Å². The molecule has 3 nitrogen and oxygen atoms in total. The van der Waals surface area contributed by atoms with E-state index in [1.807, 2.05) is 18.9 Å². The van der Waals surface area contributed by atoms with Crippen molar-refractivity contribution in [3.8, 4) is 0 Å². The number of nitrogens with zero attached hydrogens (tertiary/aromatic N) is 1. The van der Waals surface area contributed by atoms with Gasteiger partial charge in [-0.2, -0.15) is 0 Å². The maximum absolute atomic E-state index is 10.6. The lowest BCUT2D eigenvalue weighted by Crippen LogP contribution is -2.37. The maximum Gasteiger partial charge on any atom is 0.310 e. The number of carbonyl (C=O) groups is 1. The van der Waals surface area contributed by atoms with Crippen LogP contribution in [0.3, 0.4) is 0 Å². The fraction of sp³-hybridized carbons (Fsp3) is 0.875. The Morgan fingerprint density at radius 2 is 1.92 bits per heavy atom. The Balaban J connectivity index is 0. The minimum Gasteiger partial charge on any atom is -0.481 e. The van der Waals surface area contributed by atoms with Crippen LogP contribution in [0.1, 0.15) is 20.8 Å². The second-order valence-corrected chi connectivity index (χ2v) is 3.52. The standard InChI is InChI=1S/C8H17NO2.ClH/c1-5-9(4)6-8(2,3)7(10)11;/h5-6H2,1-4H3,(H,10,11);1H. The highest BCUT2D eigenvalue weighted by Gasteiger charge is 2.27. The molecule has 0 saturated heterocycles. The van der Waals surface area contributed by atoms with Gasteiger partial charge in [-0.3, -0.25) is 4.79 Å². The Morgan fingerprint density at radius 1 is 1.50 bits per heavy atom. The van der Waals surface area contributed by atoms with E-state index in [0.29, 0.717) is 6.54 Å². The summed E-state index contributed by atoms with van der Waals surface area (Å²) in [6.07, 6.45) is 0. The summed E-state index contributed by atoms with van der Waals surface area (Å²) in [4.78, 5) is 12.6. The maximum atomic E-state index is 10.6. The van der Waals surface area contributed by atoms with Gasteiger partial charge in [0.05, 0.1) is 5.41 Å². The second-order valence-electron chi connectivity index (χ2n) is 3.52. The van der Waals surface area contributed by atoms with Crippen LogP contribution in [0, 0.1) is 5.41 Å². The first-order chi connectivity index (χ1) is 4.90. The average Bonchev–Trinajstić information content (AvgIpc) is 1.86. The first-order valence-electron chi connectivity index (χ1n) is 3.82. The van der Waals surface area contributed by atoms with Crippen LogP contribution in [0.25, 0.3) is 0 Å². The molecule has 1 N–H and O–H groups in total. The zero-order valence-corrected chi connectivity index (χ0v) is 8.94. The van der Waals surface area contributed by atoms with Gasteiger partial charge in [0.15, 0.2) is 0 Å². The minimum atomic E-state index is -0.738. The van der Waals surface area contributed by atoms with Crippen molar-refractivity contribution in [3.05, 3.63) is 0 Å². The predicted molar refractivity (Wildman–Crippen MR) is 51.8 cm³/mol. The van der Waals surface area contributed by atoms with Gasteiger partial charge in [-0.25, -0.2) is 0 Å². The van der Waals surface area contributed by atoms with Crippen LogP contribution in [-0.4, -0.2) is 36.1 Å². The summed E-state index contributed by atoms with van der Waals surface area (Å²) in [5.41, 5.74) is -0.634. The molecule has 0 spiro atoms. The van der Waals surface area contributed by atoms with Crippen molar-refractivity contribution < 1.29 is 9.90 Å². The molecule has 0 aromatic rings. The Morgan fingerprint density at radius 3 is 2.17 bits per heavy atom. The molecule has 4 heteroatoms. The summed E-state index contributed by atoms with van der Waals surface area (Å²) in [5, 5.41) is 8.76. The van der Waals surface area contributed by atoms with Crippen LogP contribution in [-0.2, 0) is 4.79 Å². The largest absolute Gasteiger partial charge is 0.481 e. The highest BCUT2D eigenvalue weighted by atomic mass is 35.5. The number of carboxylic acid groups (broad SMARTS) is 1. The summed E-state index contributed by atoms with van der Waals surface area (Å²) in [5.74, 6) is -0.738. The Kier molecular flexibility index (Phi) is 6.39. The Hall–Kier alpha value is -0.280. The van der Waals surface area contributed by atoms with E-state index in [1.54, 1.807) is 13.8 Å². The van der Waals surface area contributed by atoms with E-state index in [-0.39, 0.29) is 12.4 Å². The normalized spacial score (nSPS) is 11.1. The van der Waals surface area contributed by atoms with Crippen LogP contribution in [0.5, 0.6) is 0 Å². The fourth-order valence-corrected chi connectivity index (χ4v) is 0.854. The highest BCUT2D eigenvalue weighted by Crippen LogP contribution is 2.15. The van der Waals surface area contributed by atoms with Gasteiger partial charge < -0.3 is 10.0 Å². The van der Waals surface area contributed by atoms with Crippen molar-refractivity contribution >= 4 is 18.4 Å². The second kappa shape index (κ2) is 5.38. The third kappa shape index (κ3) is 4.57. The number of carboxylic acids is 1. The van der Waals surface area contributed by atoms with Crippen molar-refractivity contribution in [2.75, 3.05) is 20.1 Å². The number of halogens is 1. The molecule has 0 saturated carbocycles. The molecule has 0 rings (SSSR count). The van der Waals surface area contributed by atoms with Gasteiger partial charge >= 0.3 is 5.97 Å². The number of hydrogen-bond acceptors (Lipinski definition) is 2. The van der Waals surface area contributed by atoms with Gasteiger partial charge in [-0.05, 0) is 27.4 Å². The molecule has 0 aliphatic rings. The molecular weight excluding hydrogens is 178 g/mol. The van der Waals surface area contributed by atoms with Gasteiger partial charge in [-0.1, -0.05) is 6.92 Å². The van der Waals surface area contributed by atoms with Gasteiger partial charge in [0.25, 0.3) is 0 Å². The summed E-state index contributed by atoms with van der Waals surface area (Å²) in [7, 11) is 1.92. The molecule has 0 aromatic heterocycles. The van der Waals surface area contributed by atoms with E-state index < -0.39 is 11.4 Å². The fourth-order valence-electron chi connectivity index (χ4n) is 0.854. The van der Waals surface area contributed by atoms with Gasteiger partial charge in [0, 0.05) is 6.54 Å². The average molecular weight is 196 g/mol. The highest BCUT2D eigenvalue weighted by molar-refractivity contribution is 5.85. The lowest BCUT2D eigenvalue weighted by atomic mass is 9.93. The first kappa shape index (κ1) is 14.3. The molecule has 0 radical (unpaired) electrons. The zero-order valence-electron chi connectivity index (χ0n) is 8.13. The van der Waals surface area contributed by atoms with E-state index in [2.05, 4.69) is 0 Å². The third-order valence-electron chi connectivity index (χ3n) is 1.78. The monoisotopic (exact) mass is 195 g/mol. The molecular formula is C8H18ClNO2. The van der Waals surface area contributed by atoms with Crippen LogP contribution in [0.4, 0.5) is 0 Å². The first-order valence-corrected chi connectivity index (χ1v) is 3.82. The third-order valence-corrected chi connectivity index (χ3v) is 1.78. The molecule has 0 fully saturated rings. The number of hydrogen-bond donors (Lipinski definition) is 1. The summed E-state index contributed by atoms with van der Waals surface area (Å²) in [6.45, 7) is 6.97. The van der Waals surface area contributed by atoms with Crippen LogP contribution in [0.15, 0.2) is 0 Å². The van der Waals surface area contributed by atoms with E-state index in [4.69, 9.17) is 5.11 Å². The Bertz CT molecular complexity index is 148. The van der Waals surface area contributed by atoms with Crippen molar-refractivity contribution in [2.24, 2.45) is 5.41 Å². The van der Waals surface area contributed by atoms with Crippen molar-refractivity contribution in [1.29, 1.82) is 0 Å². The van der Waals surface area contributed by atoms with Crippen molar-refractivity contribution in [1.82, 2.24) is 4.90 Å². The van der Waals surface area contributed by atoms with Crippen LogP contribution >= 0.6 is 12.4 Å². The van der Waals surface area contributed by atoms with E-state index in [0.717, 1.165) is 6.54 Å². The molecule has 0 aromatic carbocycles. The van der Waals surface area contributed by atoms with E-state index >= 15 is 0 Å². The SMILES string of the molecule is CCN(C)CC(C)(C)C(=O)O.Cl. The van der Waals surface area contributed by atoms with Crippen molar-refractivity contribution in [2.45, 2.75) is 20.8 Å². The number of aliphatic carboxylic acids is 1. The van der Waals surface area contributed by atoms with Gasteiger partial charge in [0.1, 0.15) is 0 Å². The smallest absolute Gasteiger partial charge is 0.310 e. The van der Waals surface area contributed by atoms with Gasteiger partial charge in [-0.15, -0.1) is 12.4 Å². The molecule has 0 aliphatic carbocycles. The van der Waals surface area contributed by atoms with Gasteiger partial charge in [0.2, 0.25) is 0 Å². The van der Waals surface area contributed by atoms with Crippen LogP contribution in [0.2, 0.25) is 0 Å². The number of rotatable bonds is 4. The molecule has 0 heterocycles. The molecule has 12 heavy (non-hydrogen) atoms. The molecule has 0 bridgehead atoms. The summed E-state index contributed by atoms with van der Waals surface area (Å²) in [6, 6.07) is 0. The van der Waals surface area contributed by atoms with E-state index in [1.165, 1.54) is 0 Å². The quantitative estimate of drug-likeness (QED) is 0.739. The summed E-state index contributed by atoms with van der Waals surface area (Å²) >= 11 is 0. The zero-order chi connectivity index (χ0) is 9.07. The lowest BCUT2D eigenvalue weighted by molar-refractivity contribution is -0.147. The minimum absolute atomic E-state index is 0. The topological polar surface area (TPSA) is 40.5 Å². The predicted octanol–water partition coefficient (Wildman–Crippen LogP) is 1.47. The molecule has 0 amide bonds. The van der Waals surface area contributed by atoms with E-state index in [9.17, 15) is 4.79 Å².